The van der Waals surface area contributed by atoms with Crippen molar-refractivity contribution in [3.8, 4) is 6.07 Å². The molecule has 1 aliphatic rings. The molecule has 0 spiro atoms. The highest BCUT2D eigenvalue weighted by Crippen LogP contribution is 2.22. The zero-order valence-electron chi connectivity index (χ0n) is 16.4. The average Bonchev–Trinajstić information content (AvgIpc) is 2.64. The molecular weight excluding hydrogens is 342 g/mol. The number of ether oxygens (including phenoxy) is 1. The SMILES string of the molecule is C[C@@H]1CCC[C@H](C)N1C(=O)COC(=O)/C(C#N)=C\c1ccc(N(C)C)cc1. The fourth-order valence-electron chi connectivity index (χ4n) is 3.36. The van der Waals surface area contributed by atoms with Crippen LogP contribution in [0.3, 0.4) is 0 Å². The van der Waals surface area contributed by atoms with Crippen molar-refractivity contribution in [2.75, 3.05) is 25.6 Å². The first-order chi connectivity index (χ1) is 12.8. The fourth-order valence-corrected chi connectivity index (χ4v) is 3.36. The molecule has 1 amide bonds. The fraction of sp³-hybridized carbons (Fsp3) is 0.476. The molecule has 2 atom stereocenters. The number of piperidine rings is 1. The maximum absolute atomic E-state index is 12.4. The van der Waals surface area contributed by atoms with E-state index in [1.807, 2.05) is 63.2 Å². The van der Waals surface area contributed by atoms with Gasteiger partial charge in [0.1, 0.15) is 11.6 Å². The van der Waals surface area contributed by atoms with E-state index in [0.29, 0.717) is 0 Å². The minimum Gasteiger partial charge on any atom is -0.451 e. The van der Waals surface area contributed by atoms with Gasteiger partial charge in [0.2, 0.25) is 0 Å². The summed E-state index contributed by atoms with van der Waals surface area (Å²) in [6.07, 6.45) is 4.48. The van der Waals surface area contributed by atoms with Crippen molar-refractivity contribution >= 4 is 23.6 Å². The zero-order chi connectivity index (χ0) is 20.0. The summed E-state index contributed by atoms with van der Waals surface area (Å²) in [5, 5.41) is 9.28. The Labute approximate surface area is 161 Å². The van der Waals surface area contributed by atoms with E-state index in [2.05, 4.69) is 0 Å². The van der Waals surface area contributed by atoms with E-state index in [1.54, 1.807) is 4.90 Å². The summed E-state index contributed by atoms with van der Waals surface area (Å²) in [5.74, 6) is -0.990. The number of hydrogen-bond acceptors (Lipinski definition) is 5. The lowest BCUT2D eigenvalue weighted by molar-refractivity contribution is -0.151. The molecule has 0 N–H and O–H groups in total. The molecule has 1 aromatic carbocycles. The molecule has 2 rings (SSSR count). The first-order valence-corrected chi connectivity index (χ1v) is 9.21. The van der Waals surface area contributed by atoms with E-state index in [-0.39, 0.29) is 30.2 Å². The van der Waals surface area contributed by atoms with E-state index >= 15 is 0 Å². The normalized spacial score (nSPS) is 20.0. The van der Waals surface area contributed by atoms with Gasteiger partial charge >= 0.3 is 5.97 Å². The summed E-state index contributed by atoms with van der Waals surface area (Å²) < 4.78 is 5.11. The average molecular weight is 369 g/mol. The Hall–Kier alpha value is -2.81. The van der Waals surface area contributed by atoms with Crippen LogP contribution in [-0.2, 0) is 14.3 Å². The number of carbonyl (C=O) groups is 2. The maximum atomic E-state index is 12.4. The summed E-state index contributed by atoms with van der Waals surface area (Å²) in [5.41, 5.74) is 1.61. The molecule has 0 aromatic heterocycles. The third-order valence-corrected chi connectivity index (χ3v) is 4.87. The monoisotopic (exact) mass is 369 g/mol. The van der Waals surface area contributed by atoms with Gasteiger partial charge in [0.05, 0.1) is 0 Å². The van der Waals surface area contributed by atoms with Crippen molar-refractivity contribution in [1.29, 1.82) is 5.26 Å². The van der Waals surface area contributed by atoms with E-state index in [9.17, 15) is 14.9 Å². The van der Waals surface area contributed by atoms with Crippen molar-refractivity contribution in [1.82, 2.24) is 4.90 Å². The lowest BCUT2D eigenvalue weighted by Crippen LogP contribution is -2.49. The highest BCUT2D eigenvalue weighted by atomic mass is 16.5. The zero-order valence-corrected chi connectivity index (χ0v) is 16.4. The second-order valence-electron chi connectivity index (χ2n) is 7.16. The largest absolute Gasteiger partial charge is 0.451 e. The number of likely N-dealkylation sites (tertiary alicyclic amines) is 1. The molecule has 1 saturated heterocycles. The van der Waals surface area contributed by atoms with Gasteiger partial charge in [-0.05, 0) is 56.9 Å². The summed E-state index contributed by atoms with van der Waals surface area (Å²) >= 11 is 0. The Kier molecular flexibility index (Phi) is 7.00. The summed E-state index contributed by atoms with van der Waals surface area (Å²) in [4.78, 5) is 28.4. The Balaban J connectivity index is 2.00. The molecule has 0 radical (unpaired) electrons. The van der Waals surface area contributed by atoms with Gasteiger partial charge in [-0.1, -0.05) is 12.1 Å². The number of esters is 1. The Morgan fingerprint density at radius 1 is 1.22 bits per heavy atom. The van der Waals surface area contributed by atoms with E-state index in [1.165, 1.54) is 6.08 Å². The predicted octanol–water partition coefficient (Wildman–Crippen LogP) is 2.99. The van der Waals surface area contributed by atoms with Crippen LogP contribution in [0.2, 0.25) is 0 Å². The summed E-state index contributed by atoms with van der Waals surface area (Å²) in [6, 6.07) is 9.58. The number of benzene rings is 1. The summed E-state index contributed by atoms with van der Waals surface area (Å²) in [7, 11) is 3.87. The number of hydrogen-bond donors (Lipinski definition) is 0. The molecule has 6 heteroatoms. The van der Waals surface area contributed by atoms with Crippen molar-refractivity contribution in [2.45, 2.75) is 45.2 Å². The van der Waals surface area contributed by atoms with Crippen LogP contribution in [0.4, 0.5) is 5.69 Å². The van der Waals surface area contributed by atoms with Crippen LogP contribution in [-0.4, -0.2) is 49.6 Å². The number of nitrogens with zero attached hydrogens (tertiary/aromatic N) is 3. The number of amides is 1. The Bertz CT molecular complexity index is 737. The lowest BCUT2D eigenvalue weighted by atomic mass is 9.97. The number of nitriles is 1. The Morgan fingerprint density at radius 3 is 2.33 bits per heavy atom. The second kappa shape index (κ2) is 9.22. The first-order valence-electron chi connectivity index (χ1n) is 9.21. The van der Waals surface area contributed by atoms with Gasteiger partial charge < -0.3 is 14.5 Å². The lowest BCUT2D eigenvalue weighted by Gasteiger charge is -2.38. The molecule has 1 heterocycles. The highest BCUT2D eigenvalue weighted by molar-refractivity contribution is 5.98. The van der Waals surface area contributed by atoms with Crippen LogP contribution in [0.25, 0.3) is 6.08 Å². The molecule has 0 unspecified atom stereocenters. The summed E-state index contributed by atoms with van der Waals surface area (Å²) in [6.45, 7) is 3.67. The predicted molar refractivity (Wildman–Crippen MR) is 105 cm³/mol. The third kappa shape index (κ3) is 5.33. The van der Waals surface area contributed by atoms with E-state index in [0.717, 1.165) is 30.5 Å². The standard InChI is InChI=1S/C21H27N3O3/c1-15-6-5-7-16(2)24(15)20(25)14-27-21(26)18(13-22)12-17-8-10-19(11-9-17)23(3)4/h8-12,15-16H,5-7,14H2,1-4H3/b18-12-/t15-,16+. The minimum atomic E-state index is -0.778. The molecular formula is C21H27N3O3. The molecule has 0 bridgehead atoms. The molecule has 27 heavy (non-hydrogen) atoms. The number of rotatable bonds is 5. The van der Waals surface area contributed by atoms with Crippen molar-refractivity contribution < 1.29 is 14.3 Å². The van der Waals surface area contributed by atoms with Crippen LogP contribution in [0.5, 0.6) is 0 Å². The van der Waals surface area contributed by atoms with Crippen molar-refractivity contribution in [3.63, 3.8) is 0 Å². The van der Waals surface area contributed by atoms with Crippen LogP contribution in [0.1, 0.15) is 38.7 Å². The van der Waals surface area contributed by atoms with Crippen molar-refractivity contribution in [2.24, 2.45) is 0 Å². The van der Waals surface area contributed by atoms with Gasteiger partial charge in [-0.3, -0.25) is 4.79 Å². The second-order valence-corrected chi connectivity index (χ2v) is 7.16. The smallest absolute Gasteiger partial charge is 0.349 e. The quantitative estimate of drug-likeness (QED) is 0.453. The van der Waals surface area contributed by atoms with Gasteiger partial charge in [0, 0.05) is 31.9 Å². The van der Waals surface area contributed by atoms with Gasteiger partial charge in [-0.25, -0.2) is 4.79 Å². The van der Waals surface area contributed by atoms with E-state index < -0.39 is 5.97 Å². The van der Waals surface area contributed by atoms with Crippen LogP contribution in [0, 0.1) is 11.3 Å². The van der Waals surface area contributed by atoms with Crippen molar-refractivity contribution in [3.05, 3.63) is 35.4 Å². The molecule has 1 aliphatic heterocycles. The molecule has 1 fully saturated rings. The van der Waals surface area contributed by atoms with Crippen LogP contribution >= 0.6 is 0 Å². The molecule has 144 valence electrons. The third-order valence-electron chi connectivity index (χ3n) is 4.87. The van der Waals surface area contributed by atoms with Crippen LogP contribution in [0.15, 0.2) is 29.8 Å². The van der Waals surface area contributed by atoms with Gasteiger partial charge in [-0.15, -0.1) is 0 Å². The topological polar surface area (TPSA) is 73.6 Å². The van der Waals surface area contributed by atoms with Gasteiger partial charge in [0.15, 0.2) is 6.61 Å². The molecule has 1 aromatic rings. The molecule has 0 aliphatic carbocycles. The Morgan fingerprint density at radius 2 is 1.81 bits per heavy atom. The molecule has 0 saturated carbocycles. The first kappa shape index (κ1) is 20.5. The van der Waals surface area contributed by atoms with Crippen LogP contribution < -0.4 is 4.90 Å². The van der Waals surface area contributed by atoms with Gasteiger partial charge in [0.25, 0.3) is 5.91 Å². The number of carbonyl (C=O) groups excluding carboxylic acids is 2. The number of anilines is 1. The maximum Gasteiger partial charge on any atom is 0.349 e. The highest BCUT2D eigenvalue weighted by Gasteiger charge is 2.29. The van der Waals surface area contributed by atoms with Gasteiger partial charge in [-0.2, -0.15) is 5.26 Å². The molecule has 6 nitrogen and oxygen atoms in total. The van der Waals surface area contributed by atoms with E-state index in [4.69, 9.17) is 4.74 Å². The minimum absolute atomic E-state index is 0.125.